The van der Waals surface area contributed by atoms with Gasteiger partial charge in [-0.15, -0.1) is 11.8 Å². The van der Waals surface area contributed by atoms with Crippen LogP contribution < -0.4 is 11.1 Å². The van der Waals surface area contributed by atoms with Gasteiger partial charge in [0.25, 0.3) is 0 Å². The lowest BCUT2D eigenvalue weighted by molar-refractivity contribution is -0.137. The molecule has 0 aromatic carbocycles. The first-order valence-corrected chi connectivity index (χ1v) is 13.8. The van der Waals surface area contributed by atoms with Crippen molar-refractivity contribution in [3.05, 3.63) is 0 Å². The van der Waals surface area contributed by atoms with Crippen LogP contribution in [-0.2, 0) is 14.4 Å². The zero-order valence-corrected chi connectivity index (χ0v) is 23.4. The fourth-order valence-electron chi connectivity index (χ4n) is 1.48. The van der Waals surface area contributed by atoms with Gasteiger partial charge in [-0.05, 0) is 25.8 Å². The number of nitrogens with zero attached hydrogens (tertiary/aromatic N) is 1. The Labute approximate surface area is 205 Å². The van der Waals surface area contributed by atoms with Gasteiger partial charge in [0, 0.05) is 44.0 Å². The second-order valence-corrected chi connectivity index (χ2v) is 7.98. The summed E-state index contributed by atoms with van der Waals surface area (Å²) in [5.74, 6) is 1.87. The van der Waals surface area contributed by atoms with Crippen LogP contribution >= 0.6 is 23.5 Å². The number of rotatable bonds is 13. The van der Waals surface area contributed by atoms with Crippen molar-refractivity contribution in [1.82, 2.24) is 10.2 Å². The summed E-state index contributed by atoms with van der Waals surface area (Å²) in [7, 11) is 0. The molecule has 0 bridgehead atoms. The molecule has 0 aliphatic rings. The lowest BCUT2D eigenvalue weighted by Gasteiger charge is -2.19. The third kappa shape index (κ3) is 51.6. The summed E-state index contributed by atoms with van der Waals surface area (Å²) in [5, 5.41) is 19.4. The monoisotopic (exact) mass is 501 g/mol. The Balaban J connectivity index is -0.000000114. The van der Waals surface area contributed by atoms with Gasteiger partial charge in [0.1, 0.15) is 0 Å². The first-order chi connectivity index (χ1) is 15.2. The second kappa shape index (κ2) is 40.4. The molecule has 0 aliphatic carbocycles. The Hall–Kier alpha value is -0.970. The van der Waals surface area contributed by atoms with Crippen molar-refractivity contribution < 1.29 is 24.6 Å². The van der Waals surface area contributed by atoms with E-state index >= 15 is 0 Å². The second-order valence-electron chi connectivity index (χ2n) is 5.48. The summed E-state index contributed by atoms with van der Waals surface area (Å²) in [6, 6.07) is 0. The van der Waals surface area contributed by atoms with E-state index < -0.39 is 11.9 Å². The van der Waals surface area contributed by atoms with Crippen LogP contribution in [0.4, 0.5) is 0 Å². The highest BCUT2D eigenvalue weighted by molar-refractivity contribution is 8.00. The minimum atomic E-state index is -0.806. The topological polar surface area (TPSA) is 133 Å². The van der Waals surface area contributed by atoms with E-state index in [0.29, 0.717) is 25.3 Å². The number of amides is 1. The van der Waals surface area contributed by atoms with Gasteiger partial charge in [0.15, 0.2) is 0 Å². The summed E-state index contributed by atoms with van der Waals surface area (Å²) in [4.78, 5) is 32.6. The molecular formula is C22H51N3O5S2. The Morgan fingerprint density at radius 3 is 1.69 bits per heavy atom. The first kappa shape index (κ1) is 41.3. The molecule has 0 saturated carbocycles. The molecule has 0 radical (unpaired) electrons. The summed E-state index contributed by atoms with van der Waals surface area (Å²) in [6.45, 7) is 19.9. The number of carboxylic acid groups (broad SMARTS) is 2. The van der Waals surface area contributed by atoms with Crippen molar-refractivity contribution in [2.45, 2.75) is 68.2 Å². The molecule has 0 rings (SSSR count). The fraction of sp³-hybridized carbons (Fsp3) is 0.864. The maximum Gasteiger partial charge on any atom is 0.313 e. The molecule has 0 heterocycles. The van der Waals surface area contributed by atoms with Crippen LogP contribution in [0.2, 0.25) is 0 Å². The lowest BCUT2D eigenvalue weighted by atomic mass is 10.4. The molecule has 1 amide bonds. The SMILES string of the molecule is CC.CCC(=O)N(CC)CCSCC(=O)O.CCC(=O)O.CCN.CCNCCSCC. The number of thioether (sulfide) groups is 2. The quantitative estimate of drug-likeness (QED) is 0.277. The van der Waals surface area contributed by atoms with E-state index in [1.807, 2.05) is 46.4 Å². The van der Waals surface area contributed by atoms with Crippen LogP contribution in [0.25, 0.3) is 0 Å². The molecule has 0 saturated heterocycles. The summed E-state index contributed by atoms with van der Waals surface area (Å²) < 4.78 is 0. The molecule has 8 nitrogen and oxygen atoms in total. The molecule has 0 aromatic rings. The van der Waals surface area contributed by atoms with Crippen molar-refractivity contribution in [1.29, 1.82) is 0 Å². The number of carboxylic acids is 2. The van der Waals surface area contributed by atoms with E-state index in [4.69, 9.17) is 15.9 Å². The lowest BCUT2D eigenvalue weighted by Crippen LogP contribution is -2.32. The number of nitrogens with one attached hydrogen (secondary N) is 1. The molecule has 0 unspecified atom stereocenters. The van der Waals surface area contributed by atoms with Gasteiger partial charge in [-0.1, -0.05) is 48.5 Å². The largest absolute Gasteiger partial charge is 0.481 e. The zero-order valence-electron chi connectivity index (χ0n) is 21.7. The number of nitrogens with two attached hydrogens (primary N) is 1. The molecule has 0 aromatic heterocycles. The Bertz CT molecular complexity index is 385. The van der Waals surface area contributed by atoms with Crippen molar-refractivity contribution >= 4 is 41.4 Å². The maximum absolute atomic E-state index is 11.3. The Kier molecular flexibility index (Phi) is 52.1. The highest BCUT2D eigenvalue weighted by Crippen LogP contribution is 2.02. The number of carbonyl (C=O) groups is 3. The molecule has 5 N–H and O–H groups in total. The highest BCUT2D eigenvalue weighted by Gasteiger charge is 2.08. The maximum atomic E-state index is 11.3. The number of carbonyl (C=O) groups excluding carboxylic acids is 1. The van der Waals surface area contributed by atoms with Crippen molar-refractivity contribution in [2.24, 2.45) is 5.73 Å². The van der Waals surface area contributed by atoms with Gasteiger partial charge in [-0.25, -0.2) is 0 Å². The van der Waals surface area contributed by atoms with Crippen molar-refractivity contribution in [2.75, 3.05) is 55.7 Å². The predicted molar refractivity (Wildman–Crippen MR) is 143 cm³/mol. The minimum Gasteiger partial charge on any atom is -0.481 e. The molecule has 32 heavy (non-hydrogen) atoms. The van der Waals surface area contributed by atoms with E-state index in [9.17, 15) is 14.4 Å². The van der Waals surface area contributed by atoms with Crippen LogP contribution in [-0.4, -0.2) is 88.7 Å². The van der Waals surface area contributed by atoms with E-state index in [1.165, 1.54) is 23.3 Å². The molecule has 0 aliphatic heterocycles. The minimum absolute atomic E-state index is 0.109. The highest BCUT2D eigenvalue weighted by atomic mass is 32.2. The van der Waals surface area contributed by atoms with Gasteiger partial charge in [0.2, 0.25) is 5.91 Å². The van der Waals surface area contributed by atoms with Gasteiger partial charge in [-0.3, -0.25) is 14.4 Å². The Morgan fingerprint density at radius 2 is 1.38 bits per heavy atom. The van der Waals surface area contributed by atoms with Crippen LogP contribution in [0.5, 0.6) is 0 Å². The molecule has 196 valence electrons. The Morgan fingerprint density at radius 1 is 0.875 bits per heavy atom. The predicted octanol–water partition coefficient (Wildman–Crippen LogP) is 3.88. The average molecular weight is 502 g/mol. The number of hydrogen-bond acceptors (Lipinski definition) is 7. The summed E-state index contributed by atoms with van der Waals surface area (Å²) >= 11 is 3.33. The van der Waals surface area contributed by atoms with Gasteiger partial charge < -0.3 is 26.2 Å². The number of hydrogen-bond donors (Lipinski definition) is 4. The van der Waals surface area contributed by atoms with E-state index in [-0.39, 0.29) is 18.1 Å². The van der Waals surface area contributed by atoms with E-state index in [0.717, 1.165) is 19.6 Å². The standard InChI is InChI=1S/C9H17NO3S.C6H15NS.C3H6O2.C2H7N.C2H6/c1-3-8(11)10(4-2)5-6-14-7-9(12)13;1-3-7-5-6-8-4-2;1-2-3(4)5;1-2-3;1-2/h3-7H2,1-2H3,(H,12,13);7H,3-6H2,1-2H3;2H2,1H3,(H,4,5);2-3H2,1H3;1-2H3. The van der Waals surface area contributed by atoms with E-state index in [2.05, 4.69) is 19.2 Å². The normalized spacial score (nSPS) is 8.66. The van der Waals surface area contributed by atoms with Crippen LogP contribution in [0.1, 0.15) is 68.2 Å². The fourth-order valence-corrected chi connectivity index (χ4v) is 2.73. The summed E-state index contributed by atoms with van der Waals surface area (Å²) in [5.41, 5.74) is 4.85. The molecular weight excluding hydrogens is 450 g/mol. The van der Waals surface area contributed by atoms with Gasteiger partial charge in [-0.2, -0.15) is 11.8 Å². The third-order valence-electron chi connectivity index (χ3n) is 2.95. The van der Waals surface area contributed by atoms with Crippen molar-refractivity contribution in [3.8, 4) is 0 Å². The van der Waals surface area contributed by atoms with Crippen LogP contribution in [0.3, 0.4) is 0 Å². The average Bonchev–Trinajstić information content (AvgIpc) is 2.79. The number of aliphatic carboxylic acids is 2. The van der Waals surface area contributed by atoms with Gasteiger partial charge in [0.05, 0.1) is 5.75 Å². The zero-order chi connectivity index (χ0) is 26.2. The molecule has 0 atom stereocenters. The third-order valence-corrected chi connectivity index (χ3v) is 4.77. The van der Waals surface area contributed by atoms with Crippen molar-refractivity contribution in [3.63, 3.8) is 0 Å². The van der Waals surface area contributed by atoms with Crippen LogP contribution in [0, 0.1) is 0 Å². The summed E-state index contributed by atoms with van der Waals surface area (Å²) in [6.07, 6.45) is 0.734. The molecule has 0 spiro atoms. The van der Waals surface area contributed by atoms with E-state index in [1.54, 1.807) is 11.8 Å². The first-order valence-electron chi connectivity index (χ1n) is 11.5. The molecule has 10 heteroatoms. The molecule has 0 fully saturated rings. The smallest absolute Gasteiger partial charge is 0.313 e. The van der Waals surface area contributed by atoms with Gasteiger partial charge >= 0.3 is 11.9 Å². The van der Waals surface area contributed by atoms with Crippen LogP contribution in [0.15, 0.2) is 0 Å².